The Morgan fingerprint density at radius 3 is 2.41 bits per heavy atom. The van der Waals surface area contributed by atoms with Crippen LogP contribution in [0.2, 0.25) is 0 Å². The van der Waals surface area contributed by atoms with Gasteiger partial charge in [0.25, 0.3) is 0 Å². The van der Waals surface area contributed by atoms with Crippen LogP contribution in [0.4, 0.5) is 0 Å². The molecule has 0 spiro atoms. The molecule has 0 aliphatic carbocycles. The molecule has 4 aromatic carbocycles. The fraction of sp³-hybridized carbons (Fsp3) is 0.219. The summed E-state index contributed by atoms with van der Waals surface area (Å²) in [5.41, 5.74) is 8.24. The second-order valence-electron chi connectivity index (χ2n) is 11.3. The van der Waals surface area contributed by atoms with Gasteiger partial charge in [-0.2, -0.15) is 0 Å². The first-order valence-corrected chi connectivity index (χ1v) is 12.2. The van der Waals surface area contributed by atoms with E-state index in [1.807, 2.05) is 0 Å². The highest BCUT2D eigenvalue weighted by atomic mass is 15.0. The predicted octanol–water partition coefficient (Wildman–Crippen LogP) is 7.86. The van der Waals surface area contributed by atoms with Gasteiger partial charge < -0.3 is 4.40 Å². The molecule has 0 fully saturated rings. The lowest BCUT2D eigenvalue weighted by Crippen LogP contribution is -2.29. The van der Waals surface area contributed by atoms with Crippen molar-refractivity contribution in [2.75, 3.05) is 0 Å². The first-order chi connectivity index (χ1) is 16.3. The molecule has 3 heterocycles. The third-order valence-corrected chi connectivity index (χ3v) is 7.54. The van der Waals surface area contributed by atoms with Crippen LogP contribution in [-0.2, 0) is 13.5 Å². The molecule has 0 aliphatic rings. The number of aromatic nitrogens is 2. The average Bonchev–Trinajstić information content (AvgIpc) is 3.13. The van der Waals surface area contributed by atoms with Crippen LogP contribution in [0.25, 0.3) is 59.8 Å². The first-order valence-electron chi connectivity index (χ1n) is 12.2. The maximum Gasteiger partial charge on any atom is 0.224 e. The van der Waals surface area contributed by atoms with Crippen molar-refractivity contribution < 1.29 is 4.57 Å². The van der Waals surface area contributed by atoms with Crippen LogP contribution in [0.5, 0.6) is 0 Å². The zero-order valence-corrected chi connectivity index (χ0v) is 20.5. The Balaban J connectivity index is 1.79. The largest absolute Gasteiger partial charge is 0.307 e. The summed E-state index contributed by atoms with van der Waals surface area (Å²) >= 11 is 0. The van der Waals surface area contributed by atoms with Gasteiger partial charge in [-0.3, -0.25) is 0 Å². The fourth-order valence-electron chi connectivity index (χ4n) is 6.22. The Bertz CT molecular complexity index is 1930. The first kappa shape index (κ1) is 19.8. The molecule has 0 radical (unpaired) electrons. The minimum Gasteiger partial charge on any atom is -0.307 e. The number of pyridine rings is 2. The van der Waals surface area contributed by atoms with Crippen LogP contribution < -0.4 is 4.57 Å². The van der Waals surface area contributed by atoms with Crippen LogP contribution in [0.1, 0.15) is 31.9 Å². The number of hydrogen-bond donors (Lipinski definition) is 0. The second-order valence-corrected chi connectivity index (χ2v) is 11.3. The van der Waals surface area contributed by atoms with Gasteiger partial charge in [-0.15, -0.1) is 0 Å². The SMILES string of the molecule is Cc1ccc2c3ccccc3n3c4cc5ccc(CC(C)(C)C)cc5c5cc[n+](C)c(c1c23)c54. The Labute approximate surface area is 199 Å². The maximum absolute atomic E-state index is 2.52. The number of rotatable bonds is 1. The molecule has 0 saturated carbocycles. The monoisotopic (exact) mass is 441 g/mol. The van der Waals surface area contributed by atoms with Crippen molar-refractivity contribution in [3.05, 3.63) is 84.1 Å². The number of benzene rings is 4. The van der Waals surface area contributed by atoms with Crippen molar-refractivity contribution in [3.8, 4) is 0 Å². The average molecular weight is 442 g/mol. The molecule has 0 saturated heterocycles. The Morgan fingerprint density at radius 2 is 1.59 bits per heavy atom. The van der Waals surface area contributed by atoms with Crippen molar-refractivity contribution in [2.45, 2.75) is 34.1 Å². The molecule has 0 bridgehead atoms. The molecule has 2 nitrogen and oxygen atoms in total. The van der Waals surface area contributed by atoms with Gasteiger partial charge in [0, 0.05) is 22.2 Å². The summed E-state index contributed by atoms with van der Waals surface area (Å²) in [6.07, 6.45) is 3.32. The lowest BCUT2D eigenvalue weighted by Gasteiger charge is -2.19. The van der Waals surface area contributed by atoms with Crippen molar-refractivity contribution >= 4 is 59.8 Å². The third kappa shape index (κ3) is 2.54. The molecule has 0 aliphatic heterocycles. The van der Waals surface area contributed by atoms with E-state index in [1.165, 1.54) is 70.9 Å². The van der Waals surface area contributed by atoms with E-state index in [-0.39, 0.29) is 5.41 Å². The fourth-order valence-corrected chi connectivity index (χ4v) is 6.22. The van der Waals surface area contributed by atoms with Gasteiger partial charge in [-0.05, 0) is 52.8 Å². The van der Waals surface area contributed by atoms with Crippen molar-refractivity contribution in [3.63, 3.8) is 0 Å². The van der Waals surface area contributed by atoms with Gasteiger partial charge in [0.1, 0.15) is 7.05 Å². The molecule has 3 aromatic heterocycles. The highest BCUT2D eigenvalue weighted by molar-refractivity contribution is 6.29. The van der Waals surface area contributed by atoms with E-state index in [1.54, 1.807) is 0 Å². The lowest BCUT2D eigenvalue weighted by molar-refractivity contribution is -0.643. The Kier molecular flexibility index (Phi) is 3.77. The smallest absolute Gasteiger partial charge is 0.224 e. The van der Waals surface area contributed by atoms with Gasteiger partial charge in [-0.25, -0.2) is 4.57 Å². The standard InChI is InChI=1S/C32H29N2/c1-19-10-13-24-22-8-6-7-9-26(22)34-27-17-21-12-11-20(18-32(2,3)4)16-25(21)23-14-15-33(5)31(29(23)27)28(19)30(24)34/h6-17H,18H2,1-5H3/q+1. The number of hydrogen-bond acceptors (Lipinski definition) is 0. The van der Waals surface area contributed by atoms with E-state index in [2.05, 4.69) is 117 Å². The van der Waals surface area contributed by atoms with E-state index < -0.39 is 0 Å². The molecule has 166 valence electrons. The van der Waals surface area contributed by atoms with E-state index in [4.69, 9.17) is 0 Å². The normalized spacial score (nSPS) is 13.0. The lowest BCUT2D eigenvalue weighted by atomic mass is 9.87. The Morgan fingerprint density at radius 1 is 0.765 bits per heavy atom. The van der Waals surface area contributed by atoms with Crippen LogP contribution in [0.15, 0.2) is 72.9 Å². The minimum atomic E-state index is 0.262. The highest BCUT2D eigenvalue weighted by Crippen LogP contribution is 2.42. The van der Waals surface area contributed by atoms with Crippen molar-refractivity contribution in [2.24, 2.45) is 12.5 Å². The van der Waals surface area contributed by atoms with Gasteiger partial charge in [0.15, 0.2) is 6.20 Å². The molecule has 0 N–H and O–H groups in total. The molecular formula is C32H29N2+. The Hall–Kier alpha value is -3.65. The minimum absolute atomic E-state index is 0.262. The van der Waals surface area contributed by atoms with Gasteiger partial charge in [0.2, 0.25) is 5.52 Å². The molecule has 2 heteroatoms. The summed E-state index contributed by atoms with van der Waals surface area (Å²) in [5.74, 6) is 0. The van der Waals surface area contributed by atoms with Gasteiger partial charge in [-0.1, -0.05) is 69.3 Å². The zero-order valence-electron chi connectivity index (χ0n) is 20.5. The predicted molar refractivity (Wildman–Crippen MR) is 145 cm³/mol. The number of fused-ring (bicyclic) bond motifs is 7. The summed E-state index contributed by atoms with van der Waals surface area (Å²) in [6.45, 7) is 9.20. The quantitative estimate of drug-likeness (QED) is 0.139. The summed E-state index contributed by atoms with van der Waals surface area (Å²) in [6, 6.07) is 25.3. The van der Waals surface area contributed by atoms with E-state index in [9.17, 15) is 0 Å². The molecule has 7 rings (SSSR count). The highest BCUT2D eigenvalue weighted by Gasteiger charge is 2.24. The van der Waals surface area contributed by atoms with Crippen LogP contribution in [0, 0.1) is 12.3 Å². The zero-order chi connectivity index (χ0) is 23.4. The van der Waals surface area contributed by atoms with Crippen LogP contribution >= 0.6 is 0 Å². The van der Waals surface area contributed by atoms with Crippen molar-refractivity contribution in [1.29, 1.82) is 0 Å². The molecule has 7 aromatic rings. The molecule has 34 heavy (non-hydrogen) atoms. The van der Waals surface area contributed by atoms with E-state index in [0.717, 1.165) is 6.42 Å². The third-order valence-electron chi connectivity index (χ3n) is 7.54. The summed E-state index contributed by atoms with van der Waals surface area (Å²) in [4.78, 5) is 0. The second kappa shape index (κ2) is 6.48. The van der Waals surface area contributed by atoms with Crippen molar-refractivity contribution in [1.82, 2.24) is 4.40 Å². The number of nitrogens with zero attached hydrogens (tertiary/aromatic N) is 2. The van der Waals surface area contributed by atoms with Crippen LogP contribution in [-0.4, -0.2) is 4.40 Å². The van der Waals surface area contributed by atoms with E-state index >= 15 is 0 Å². The summed E-state index contributed by atoms with van der Waals surface area (Å²) in [5, 5.41) is 9.38. The van der Waals surface area contributed by atoms with Gasteiger partial charge in [0.05, 0.1) is 27.3 Å². The molecule has 0 amide bonds. The molecular weight excluding hydrogens is 412 g/mol. The maximum atomic E-state index is 2.52. The van der Waals surface area contributed by atoms with Gasteiger partial charge >= 0.3 is 0 Å². The topological polar surface area (TPSA) is 8.29 Å². The van der Waals surface area contributed by atoms with Crippen LogP contribution in [0.3, 0.4) is 0 Å². The number of para-hydroxylation sites is 1. The molecule has 0 unspecified atom stereocenters. The number of aryl methyl sites for hydroxylation is 2. The summed E-state index contributed by atoms with van der Waals surface area (Å²) < 4.78 is 4.84. The van der Waals surface area contributed by atoms with E-state index in [0.29, 0.717) is 0 Å². The summed E-state index contributed by atoms with van der Waals surface area (Å²) in [7, 11) is 2.19. The molecule has 0 atom stereocenters.